The number of anilines is 2. The number of aromatic nitrogens is 2. The van der Waals surface area contributed by atoms with Gasteiger partial charge in [-0.1, -0.05) is 0 Å². The molecule has 1 heterocycles. The molecule has 0 atom stereocenters. The molecule has 0 unspecified atom stereocenters. The van der Waals surface area contributed by atoms with Crippen LogP contribution in [0, 0.1) is 0 Å². The zero-order valence-electron chi connectivity index (χ0n) is 9.95. The molecule has 0 fully saturated rings. The highest BCUT2D eigenvalue weighted by atomic mass is 16.1. The Labute approximate surface area is 94.9 Å². The van der Waals surface area contributed by atoms with Crippen molar-refractivity contribution >= 4 is 11.5 Å². The molecule has 1 aromatic rings. The summed E-state index contributed by atoms with van der Waals surface area (Å²) in [6.45, 7) is 5.82. The molecule has 4 N–H and O–H groups in total. The van der Waals surface area contributed by atoms with E-state index in [1.54, 1.807) is 0 Å². The number of nitrogens with zero attached hydrogens (tertiary/aromatic N) is 2. The van der Waals surface area contributed by atoms with Crippen LogP contribution in [0.2, 0.25) is 0 Å². The number of hydrogen-bond acceptors (Lipinski definition) is 5. The molecule has 0 spiro atoms. The average molecular weight is 225 g/mol. The van der Waals surface area contributed by atoms with E-state index < -0.39 is 0 Å². The van der Waals surface area contributed by atoms with Gasteiger partial charge in [0, 0.05) is 19.1 Å². The lowest BCUT2D eigenvalue weighted by Gasteiger charge is -2.21. The number of nitrogens with two attached hydrogens (primary N) is 1. The van der Waals surface area contributed by atoms with Crippen LogP contribution in [-0.4, -0.2) is 41.0 Å². The molecule has 6 nitrogen and oxygen atoms in total. The SMILES string of the molecule is CC(C)N(C)CCNc1nc[nH]c(=O)c1N. The minimum absolute atomic E-state index is 0.134. The summed E-state index contributed by atoms with van der Waals surface area (Å²) >= 11 is 0. The molecule has 0 aliphatic carbocycles. The Morgan fingerprint density at radius 1 is 1.62 bits per heavy atom. The van der Waals surface area contributed by atoms with Gasteiger partial charge in [0.25, 0.3) is 5.56 Å². The van der Waals surface area contributed by atoms with Crippen LogP contribution in [0.5, 0.6) is 0 Å². The second-order valence-corrected chi connectivity index (χ2v) is 4.00. The average Bonchev–Trinajstić information content (AvgIpc) is 2.24. The van der Waals surface area contributed by atoms with Gasteiger partial charge in [0.2, 0.25) is 0 Å². The number of rotatable bonds is 5. The molecule has 90 valence electrons. The van der Waals surface area contributed by atoms with Gasteiger partial charge >= 0.3 is 0 Å². The van der Waals surface area contributed by atoms with Gasteiger partial charge in [-0.3, -0.25) is 4.79 Å². The second-order valence-electron chi connectivity index (χ2n) is 4.00. The molecule has 0 saturated heterocycles. The molecule has 1 rings (SSSR count). The van der Waals surface area contributed by atoms with Gasteiger partial charge in [0.15, 0.2) is 5.82 Å². The third-order valence-corrected chi connectivity index (χ3v) is 2.53. The van der Waals surface area contributed by atoms with Crippen molar-refractivity contribution in [3.8, 4) is 0 Å². The maximum Gasteiger partial charge on any atom is 0.276 e. The number of hydrogen-bond donors (Lipinski definition) is 3. The van der Waals surface area contributed by atoms with Gasteiger partial charge in [-0.05, 0) is 20.9 Å². The zero-order valence-corrected chi connectivity index (χ0v) is 9.95. The number of H-pyrrole nitrogens is 1. The van der Waals surface area contributed by atoms with Gasteiger partial charge in [-0.25, -0.2) is 4.98 Å². The van der Waals surface area contributed by atoms with Crippen LogP contribution in [0.3, 0.4) is 0 Å². The Kier molecular flexibility index (Phi) is 4.30. The van der Waals surface area contributed by atoms with Crippen molar-refractivity contribution in [3.63, 3.8) is 0 Å². The molecule has 0 radical (unpaired) electrons. The van der Waals surface area contributed by atoms with E-state index in [-0.39, 0.29) is 11.2 Å². The molecular formula is C10H19N5O. The standard InChI is InChI=1S/C10H19N5O/c1-7(2)15(3)5-4-12-9-8(11)10(16)14-6-13-9/h6-7H,4-5,11H2,1-3H3,(H2,12,13,14,16). The Morgan fingerprint density at radius 3 is 2.94 bits per heavy atom. The molecule has 0 bridgehead atoms. The number of likely N-dealkylation sites (N-methyl/N-ethyl adjacent to an activating group) is 1. The lowest BCUT2D eigenvalue weighted by atomic mass is 10.3. The van der Waals surface area contributed by atoms with Crippen LogP contribution in [0.4, 0.5) is 11.5 Å². The maximum absolute atomic E-state index is 11.2. The lowest BCUT2D eigenvalue weighted by molar-refractivity contribution is 0.284. The summed E-state index contributed by atoms with van der Waals surface area (Å²) in [6, 6.07) is 0.492. The van der Waals surface area contributed by atoms with Crippen molar-refractivity contribution < 1.29 is 0 Å². The lowest BCUT2D eigenvalue weighted by Crippen LogP contribution is -2.31. The van der Waals surface area contributed by atoms with Crippen molar-refractivity contribution in [2.45, 2.75) is 19.9 Å². The van der Waals surface area contributed by atoms with Gasteiger partial charge in [-0.2, -0.15) is 0 Å². The Balaban J connectivity index is 2.49. The highest BCUT2D eigenvalue weighted by Gasteiger charge is 2.05. The predicted molar refractivity (Wildman–Crippen MR) is 65.5 cm³/mol. The fourth-order valence-electron chi connectivity index (χ4n) is 1.16. The molecule has 0 saturated carbocycles. The normalized spacial score (nSPS) is 11.1. The highest BCUT2D eigenvalue weighted by molar-refractivity contribution is 5.58. The summed E-state index contributed by atoms with van der Waals surface area (Å²) in [7, 11) is 2.04. The second kappa shape index (κ2) is 5.50. The Bertz CT molecular complexity index is 387. The summed E-state index contributed by atoms with van der Waals surface area (Å²) in [4.78, 5) is 19.8. The van der Waals surface area contributed by atoms with E-state index in [0.717, 1.165) is 6.54 Å². The summed E-state index contributed by atoms with van der Waals surface area (Å²) < 4.78 is 0. The summed E-state index contributed by atoms with van der Waals surface area (Å²) in [6.07, 6.45) is 1.34. The van der Waals surface area contributed by atoms with Crippen LogP contribution in [0.1, 0.15) is 13.8 Å². The third-order valence-electron chi connectivity index (χ3n) is 2.53. The van der Waals surface area contributed by atoms with E-state index in [0.29, 0.717) is 18.4 Å². The van der Waals surface area contributed by atoms with Crippen LogP contribution in [-0.2, 0) is 0 Å². The van der Waals surface area contributed by atoms with Crippen molar-refractivity contribution in [1.29, 1.82) is 0 Å². The van der Waals surface area contributed by atoms with Crippen LogP contribution in [0.25, 0.3) is 0 Å². The van der Waals surface area contributed by atoms with Gasteiger partial charge in [0.05, 0.1) is 6.33 Å². The van der Waals surface area contributed by atoms with E-state index in [1.807, 2.05) is 7.05 Å². The highest BCUT2D eigenvalue weighted by Crippen LogP contribution is 2.06. The van der Waals surface area contributed by atoms with E-state index in [2.05, 4.69) is 34.0 Å². The topological polar surface area (TPSA) is 87.0 Å². The predicted octanol–water partition coefficient (Wildman–Crippen LogP) is 0.104. The van der Waals surface area contributed by atoms with Crippen molar-refractivity contribution in [2.24, 2.45) is 0 Å². The minimum atomic E-state index is -0.310. The van der Waals surface area contributed by atoms with Gasteiger partial charge in [0.1, 0.15) is 5.69 Å². The van der Waals surface area contributed by atoms with Crippen molar-refractivity contribution in [2.75, 3.05) is 31.2 Å². The number of nitrogens with one attached hydrogen (secondary N) is 2. The quantitative estimate of drug-likeness (QED) is 0.662. The molecule has 16 heavy (non-hydrogen) atoms. The first-order valence-electron chi connectivity index (χ1n) is 5.29. The first kappa shape index (κ1) is 12.5. The largest absolute Gasteiger partial charge is 0.391 e. The minimum Gasteiger partial charge on any atom is -0.391 e. The van der Waals surface area contributed by atoms with E-state index >= 15 is 0 Å². The molecule has 0 aliphatic rings. The number of nitrogen functional groups attached to an aromatic ring is 1. The fourth-order valence-corrected chi connectivity index (χ4v) is 1.16. The summed E-state index contributed by atoms with van der Waals surface area (Å²) in [5.74, 6) is 0.445. The maximum atomic E-state index is 11.2. The molecular weight excluding hydrogens is 206 g/mol. The van der Waals surface area contributed by atoms with Crippen molar-refractivity contribution in [3.05, 3.63) is 16.7 Å². The zero-order chi connectivity index (χ0) is 12.1. The van der Waals surface area contributed by atoms with Gasteiger partial charge in [-0.15, -0.1) is 0 Å². The Hall–Kier alpha value is -1.56. The molecule has 0 aromatic carbocycles. The van der Waals surface area contributed by atoms with E-state index in [1.165, 1.54) is 6.33 Å². The van der Waals surface area contributed by atoms with E-state index in [9.17, 15) is 4.79 Å². The monoisotopic (exact) mass is 225 g/mol. The summed E-state index contributed by atoms with van der Waals surface area (Å²) in [5.41, 5.74) is 5.40. The number of aromatic amines is 1. The van der Waals surface area contributed by atoms with E-state index in [4.69, 9.17) is 5.73 Å². The van der Waals surface area contributed by atoms with Crippen LogP contribution in [0.15, 0.2) is 11.1 Å². The third kappa shape index (κ3) is 3.23. The Morgan fingerprint density at radius 2 is 2.31 bits per heavy atom. The van der Waals surface area contributed by atoms with Crippen LogP contribution >= 0.6 is 0 Å². The van der Waals surface area contributed by atoms with Crippen LogP contribution < -0.4 is 16.6 Å². The van der Waals surface area contributed by atoms with Crippen molar-refractivity contribution in [1.82, 2.24) is 14.9 Å². The smallest absolute Gasteiger partial charge is 0.276 e. The fraction of sp³-hybridized carbons (Fsp3) is 0.600. The van der Waals surface area contributed by atoms with Gasteiger partial charge < -0.3 is 20.9 Å². The first-order chi connectivity index (χ1) is 7.52. The summed E-state index contributed by atoms with van der Waals surface area (Å²) in [5, 5.41) is 3.04. The molecule has 6 heteroatoms. The molecule has 1 aromatic heterocycles. The molecule has 0 amide bonds. The molecule has 0 aliphatic heterocycles. The first-order valence-corrected chi connectivity index (χ1v) is 5.29.